The molecule has 1 saturated heterocycles. The van der Waals surface area contributed by atoms with Crippen LogP contribution in [-0.2, 0) is 11.2 Å². The zero-order valence-corrected chi connectivity index (χ0v) is 20.1. The summed E-state index contributed by atoms with van der Waals surface area (Å²) in [5, 5.41) is 6.88. The quantitative estimate of drug-likeness (QED) is 0.308. The van der Waals surface area contributed by atoms with Crippen molar-refractivity contribution in [2.24, 2.45) is 4.99 Å². The highest BCUT2D eigenvalue weighted by Crippen LogP contribution is 2.15. The van der Waals surface area contributed by atoms with Crippen molar-refractivity contribution < 1.29 is 9.47 Å². The standard InChI is InChI=1S/C21H36N4O2.HI/c1-5-13-27-19-8-6-7-18(16-19)9-10-23-20(22-4)24-17-21(2,3)25-11-14-26-15-12-25;/h6-8,16H,5,9-15,17H2,1-4H3,(H2,22,23,24);1H. The van der Waals surface area contributed by atoms with Crippen molar-refractivity contribution >= 4 is 29.9 Å². The molecule has 0 aliphatic carbocycles. The van der Waals surface area contributed by atoms with Gasteiger partial charge < -0.3 is 20.1 Å². The van der Waals surface area contributed by atoms with Gasteiger partial charge >= 0.3 is 0 Å². The molecular weight excluding hydrogens is 467 g/mol. The van der Waals surface area contributed by atoms with E-state index in [1.807, 2.05) is 13.1 Å². The van der Waals surface area contributed by atoms with Gasteiger partial charge in [-0.1, -0.05) is 19.1 Å². The van der Waals surface area contributed by atoms with Gasteiger partial charge in [0, 0.05) is 38.8 Å². The van der Waals surface area contributed by atoms with Gasteiger partial charge in [0.15, 0.2) is 5.96 Å². The van der Waals surface area contributed by atoms with E-state index >= 15 is 0 Å². The lowest BCUT2D eigenvalue weighted by molar-refractivity contribution is -0.00833. The van der Waals surface area contributed by atoms with E-state index in [4.69, 9.17) is 9.47 Å². The summed E-state index contributed by atoms with van der Waals surface area (Å²) < 4.78 is 11.2. The van der Waals surface area contributed by atoms with E-state index in [0.29, 0.717) is 0 Å². The van der Waals surface area contributed by atoms with Gasteiger partial charge in [-0.15, -0.1) is 24.0 Å². The predicted molar refractivity (Wildman–Crippen MR) is 127 cm³/mol. The Bertz CT molecular complexity index is 590. The van der Waals surface area contributed by atoms with E-state index in [-0.39, 0.29) is 29.5 Å². The number of halogens is 1. The SMILES string of the molecule is CCCOc1cccc(CCNC(=NC)NCC(C)(C)N2CCOCC2)c1.I. The van der Waals surface area contributed by atoms with Gasteiger partial charge in [0.2, 0.25) is 0 Å². The fraction of sp³-hybridized carbons (Fsp3) is 0.667. The van der Waals surface area contributed by atoms with Crippen LogP contribution in [0.3, 0.4) is 0 Å². The van der Waals surface area contributed by atoms with E-state index in [1.54, 1.807) is 0 Å². The van der Waals surface area contributed by atoms with Gasteiger partial charge in [0.1, 0.15) is 5.75 Å². The number of ether oxygens (including phenoxy) is 2. The molecule has 1 fully saturated rings. The minimum absolute atomic E-state index is 0. The summed E-state index contributed by atoms with van der Waals surface area (Å²) in [6.45, 7) is 12.7. The van der Waals surface area contributed by atoms with Crippen molar-refractivity contribution in [2.45, 2.75) is 39.2 Å². The lowest BCUT2D eigenvalue weighted by atomic mass is 10.0. The van der Waals surface area contributed by atoms with E-state index in [9.17, 15) is 0 Å². The molecule has 0 radical (unpaired) electrons. The first-order valence-electron chi connectivity index (χ1n) is 10.0. The molecule has 1 heterocycles. The Labute approximate surface area is 187 Å². The summed E-state index contributed by atoms with van der Waals surface area (Å²) in [6, 6.07) is 8.33. The highest BCUT2D eigenvalue weighted by Gasteiger charge is 2.28. The zero-order valence-electron chi connectivity index (χ0n) is 17.8. The molecule has 0 saturated carbocycles. The van der Waals surface area contributed by atoms with E-state index in [2.05, 4.69) is 59.5 Å². The second-order valence-electron chi connectivity index (χ2n) is 7.51. The van der Waals surface area contributed by atoms with Crippen molar-refractivity contribution in [2.75, 3.05) is 53.0 Å². The van der Waals surface area contributed by atoms with Crippen molar-refractivity contribution in [3.05, 3.63) is 29.8 Å². The molecule has 2 rings (SSSR count). The lowest BCUT2D eigenvalue weighted by Crippen LogP contribution is -2.56. The van der Waals surface area contributed by atoms with Gasteiger partial charge in [-0.05, 0) is 44.4 Å². The van der Waals surface area contributed by atoms with Crippen LogP contribution < -0.4 is 15.4 Å². The highest BCUT2D eigenvalue weighted by molar-refractivity contribution is 14.0. The lowest BCUT2D eigenvalue weighted by Gasteiger charge is -2.41. The molecule has 0 bridgehead atoms. The Morgan fingerprint density at radius 2 is 2.00 bits per heavy atom. The highest BCUT2D eigenvalue weighted by atomic mass is 127. The molecular formula is C21H37IN4O2. The molecule has 1 aliphatic heterocycles. The minimum atomic E-state index is 0. The molecule has 6 nitrogen and oxygen atoms in total. The number of hydrogen-bond acceptors (Lipinski definition) is 4. The normalized spacial score (nSPS) is 15.6. The molecule has 1 aromatic carbocycles. The monoisotopic (exact) mass is 504 g/mol. The Morgan fingerprint density at radius 1 is 1.25 bits per heavy atom. The van der Waals surface area contributed by atoms with Crippen LogP contribution in [0.4, 0.5) is 0 Å². The summed E-state index contributed by atoms with van der Waals surface area (Å²) >= 11 is 0. The Hall–Kier alpha value is -1.06. The van der Waals surface area contributed by atoms with E-state index in [0.717, 1.165) is 70.6 Å². The van der Waals surface area contributed by atoms with Crippen LogP contribution >= 0.6 is 24.0 Å². The summed E-state index contributed by atoms with van der Waals surface area (Å²) in [5.41, 5.74) is 1.33. The molecule has 0 amide bonds. The molecule has 0 unspecified atom stereocenters. The van der Waals surface area contributed by atoms with Crippen LogP contribution in [0.25, 0.3) is 0 Å². The molecule has 0 atom stereocenters. The Balaban J connectivity index is 0.00000392. The van der Waals surface area contributed by atoms with Crippen LogP contribution in [0.2, 0.25) is 0 Å². The molecule has 28 heavy (non-hydrogen) atoms. The van der Waals surface area contributed by atoms with Gasteiger partial charge in [0.25, 0.3) is 0 Å². The van der Waals surface area contributed by atoms with Gasteiger partial charge in [-0.2, -0.15) is 0 Å². The summed E-state index contributed by atoms with van der Waals surface area (Å²) in [4.78, 5) is 6.82. The topological polar surface area (TPSA) is 58.1 Å². The maximum Gasteiger partial charge on any atom is 0.191 e. The second kappa shape index (κ2) is 13.2. The van der Waals surface area contributed by atoms with Crippen LogP contribution in [0.5, 0.6) is 5.75 Å². The number of hydrogen-bond donors (Lipinski definition) is 2. The van der Waals surface area contributed by atoms with Crippen LogP contribution in [0.15, 0.2) is 29.3 Å². The summed E-state index contributed by atoms with van der Waals surface area (Å²) in [7, 11) is 1.82. The van der Waals surface area contributed by atoms with Crippen molar-refractivity contribution in [3.63, 3.8) is 0 Å². The number of morpholine rings is 1. The van der Waals surface area contributed by atoms with Crippen LogP contribution in [-0.4, -0.2) is 69.4 Å². The fourth-order valence-corrected chi connectivity index (χ4v) is 3.14. The van der Waals surface area contributed by atoms with E-state index in [1.165, 1.54) is 5.56 Å². The fourth-order valence-electron chi connectivity index (χ4n) is 3.14. The second-order valence-corrected chi connectivity index (χ2v) is 7.51. The van der Waals surface area contributed by atoms with Crippen molar-refractivity contribution in [1.29, 1.82) is 0 Å². The molecule has 160 valence electrons. The Kier molecular flexibility index (Phi) is 11.8. The molecule has 2 N–H and O–H groups in total. The third-order valence-corrected chi connectivity index (χ3v) is 4.86. The molecule has 7 heteroatoms. The summed E-state index contributed by atoms with van der Waals surface area (Å²) in [6.07, 6.45) is 1.95. The van der Waals surface area contributed by atoms with Gasteiger partial charge in [-0.3, -0.25) is 9.89 Å². The van der Waals surface area contributed by atoms with Gasteiger partial charge in [0.05, 0.1) is 19.8 Å². The third kappa shape index (κ3) is 8.53. The molecule has 1 aromatic rings. The van der Waals surface area contributed by atoms with Crippen LogP contribution in [0, 0.1) is 0 Å². The van der Waals surface area contributed by atoms with Crippen molar-refractivity contribution in [1.82, 2.24) is 15.5 Å². The molecule has 0 spiro atoms. The average Bonchev–Trinajstić information content (AvgIpc) is 2.70. The number of guanidine groups is 1. The number of nitrogens with one attached hydrogen (secondary N) is 2. The predicted octanol–water partition coefficient (Wildman–Crippen LogP) is 2.91. The minimum Gasteiger partial charge on any atom is -0.494 e. The first-order valence-corrected chi connectivity index (χ1v) is 10.0. The molecule has 1 aliphatic rings. The van der Waals surface area contributed by atoms with Gasteiger partial charge in [-0.25, -0.2) is 0 Å². The first-order chi connectivity index (χ1) is 13.0. The summed E-state index contributed by atoms with van der Waals surface area (Å²) in [5.74, 6) is 1.79. The number of benzene rings is 1. The maximum atomic E-state index is 5.71. The zero-order chi connectivity index (χ0) is 19.5. The first kappa shape index (κ1) is 25.0. The number of rotatable bonds is 9. The molecule has 0 aromatic heterocycles. The average molecular weight is 504 g/mol. The maximum absolute atomic E-state index is 5.71. The largest absolute Gasteiger partial charge is 0.494 e. The van der Waals surface area contributed by atoms with Crippen LogP contribution in [0.1, 0.15) is 32.8 Å². The Morgan fingerprint density at radius 3 is 2.68 bits per heavy atom. The smallest absolute Gasteiger partial charge is 0.191 e. The number of aliphatic imine (C=N–C) groups is 1. The van der Waals surface area contributed by atoms with E-state index < -0.39 is 0 Å². The number of nitrogens with zero attached hydrogens (tertiary/aromatic N) is 2. The third-order valence-electron chi connectivity index (χ3n) is 4.86. The van der Waals surface area contributed by atoms with Crippen molar-refractivity contribution in [3.8, 4) is 5.75 Å².